The molecule has 0 saturated heterocycles. The van der Waals surface area contributed by atoms with E-state index >= 15 is 0 Å². The minimum atomic E-state index is -0.523. The molecule has 0 unspecified atom stereocenters. The number of carbonyl (C=O) groups is 1. The van der Waals surface area contributed by atoms with Gasteiger partial charge in [-0.05, 0) is 49.6 Å². The first kappa shape index (κ1) is 21.8. The van der Waals surface area contributed by atoms with Gasteiger partial charge in [0.1, 0.15) is 17.2 Å². The molecule has 1 saturated carbocycles. The second-order valence-electron chi connectivity index (χ2n) is 8.25. The standard InChI is InChI=1S/C24H28ClFN4O/c1-2-3-6-14-29(24(31)17-11-12-20(26)19(25)15-17)16-22-28-21-10-7-13-27-23(21)30(22)18-8-4-5-9-18/h7,10-13,15,18H,2-6,8-9,14,16H2,1H3. The molecule has 164 valence electrons. The summed E-state index contributed by atoms with van der Waals surface area (Å²) in [5.41, 5.74) is 2.13. The molecule has 4 rings (SSSR count). The predicted molar refractivity (Wildman–Crippen MR) is 121 cm³/mol. The number of pyridine rings is 1. The minimum absolute atomic E-state index is 0.0400. The summed E-state index contributed by atoms with van der Waals surface area (Å²) >= 11 is 5.94. The van der Waals surface area contributed by atoms with Crippen molar-refractivity contribution >= 4 is 28.7 Å². The predicted octanol–water partition coefficient (Wildman–Crippen LogP) is 6.17. The first-order valence-electron chi connectivity index (χ1n) is 11.1. The van der Waals surface area contributed by atoms with Crippen LogP contribution in [-0.2, 0) is 6.54 Å². The van der Waals surface area contributed by atoms with Crippen molar-refractivity contribution in [2.24, 2.45) is 0 Å². The van der Waals surface area contributed by atoms with Crippen LogP contribution in [0.4, 0.5) is 4.39 Å². The maximum Gasteiger partial charge on any atom is 0.254 e. The number of rotatable bonds is 8. The van der Waals surface area contributed by atoms with Crippen LogP contribution >= 0.6 is 11.6 Å². The molecular formula is C24H28ClFN4O. The monoisotopic (exact) mass is 442 g/mol. The summed E-state index contributed by atoms with van der Waals surface area (Å²) < 4.78 is 15.9. The van der Waals surface area contributed by atoms with E-state index in [-0.39, 0.29) is 10.9 Å². The summed E-state index contributed by atoms with van der Waals surface area (Å²) in [6, 6.07) is 8.38. The fourth-order valence-corrected chi connectivity index (χ4v) is 4.60. The van der Waals surface area contributed by atoms with Gasteiger partial charge < -0.3 is 9.47 Å². The second-order valence-corrected chi connectivity index (χ2v) is 8.65. The van der Waals surface area contributed by atoms with Gasteiger partial charge in [-0.1, -0.05) is 44.2 Å². The SMILES string of the molecule is CCCCCN(Cc1nc2cccnc2n1C1CCCC1)C(=O)c1ccc(F)c(Cl)c1. The average molecular weight is 443 g/mol. The van der Waals surface area contributed by atoms with E-state index in [1.54, 1.807) is 6.20 Å². The van der Waals surface area contributed by atoms with Crippen LogP contribution < -0.4 is 0 Å². The zero-order valence-corrected chi connectivity index (χ0v) is 18.6. The number of unbranched alkanes of at least 4 members (excludes halogenated alkanes) is 2. The van der Waals surface area contributed by atoms with Gasteiger partial charge in [0.05, 0.1) is 11.6 Å². The molecule has 0 bridgehead atoms. The van der Waals surface area contributed by atoms with Crippen molar-refractivity contribution in [1.29, 1.82) is 0 Å². The molecule has 0 spiro atoms. The van der Waals surface area contributed by atoms with Gasteiger partial charge in [0.15, 0.2) is 5.65 Å². The lowest BCUT2D eigenvalue weighted by Gasteiger charge is -2.24. The van der Waals surface area contributed by atoms with Crippen molar-refractivity contribution < 1.29 is 9.18 Å². The highest BCUT2D eigenvalue weighted by Crippen LogP contribution is 2.33. The second kappa shape index (κ2) is 9.77. The molecule has 31 heavy (non-hydrogen) atoms. The first-order chi connectivity index (χ1) is 15.1. The maximum absolute atomic E-state index is 13.6. The van der Waals surface area contributed by atoms with Gasteiger partial charge in [-0.3, -0.25) is 4.79 Å². The molecule has 1 aromatic carbocycles. The van der Waals surface area contributed by atoms with Crippen LogP contribution in [0, 0.1) is 5.82 Å². The van der Waals surface area contributed by atoms with E-state index in [9.17, 15) is 9.18 Å². The highest BCUT2D eigenvalue weighted by Gasteiger charge is 2.26. The molecule has 0 N–H and O–H groups in total. The molecule has 1 fully saturated rings. The third-order valence-electron chi connectivity index (χ3n) is 6.03. The molecule has 3 aromatic rings. The minimum Gasteiger partial charge on any atom is -0.331 e. The first-order valence-corrected chi connectivity index (χ1v) is 11.5. The molecule has 7 heteroatoms. The van der Waals surface area contributed by atoms with Crippen LogP contribution in [0.15, 0.2) is 36.5 Å². The van der Waals surface area contributed by atoms with Crippen molar-refractivity contribution in [2.45, 2.75) is 64.5 Å². The number of nitrogens with zero attached hydrogens (tertiary/aromatic N) is 4. The Morgan fingerprint density at radius 3 is 2.81 bits per heavy atom. The smallest absolute Gasteiger partial charge is 0.254 e. The van der Waals surface area contributed by atoms with Gasteiger partial charge in [-0.25, -0.2) is 14.4 Å². The van der Waals surface area contributed by atoms with Crippen LogP contribution in [0.5, 0.6) is 0 Å². The van der Waals surface area contributed by atoms with Crippen LogP contribution in [0.1, 0.15) is 74.1 Å². The van der Waals surface area contributed by atoms with E-state index in [1.165, 1.54) is 31.0 Å². The molecule has 2 aromatic heterocycles. The van der Waals surface area contributed by atoms with E-state index < -0.39 is 5.82 Å². The van der Waals surface area contributed by atoms with Gasteiger partial charge >= 0.3 is 0 Å². The third-order valence-corrected chi connectivity index (χ3v) is 6.32. The number of hydrogen-bond acceptors (Lipinski definition) is 3. The van der Waals surface area contributed by atoms with E-state index in [1.807, 2.05) is 17.0 Å². The Kier molecular flexibility index (Phi) is 6.86. The van der Waals surface area contributed by atoms with Gasteiger partial charge in [0, 0.05) is 24.3 Å². The summed E-state index contributed by atoms with van der Waals surface area (Å²) in [7, 11) is 0. The summed E-state index contributed by atoms with van der Waals surface area (Å²) in [5, 5.41) is -0.0400. The molecule has 5 nitrogen and oxygen atoms in total. The van der Waals surface area contributed by atoms with E-state index in [0.717, 1.165) is 49.1 Å². The molecule has 0 radical (unpaired) electrons. The molecule has 1 amide bonds. The lowest BCUT2D eigenvalue weighted by Crippen LogP contribution is -2.33. The Morgan fingerprint density at radius 1 is 1.26 bits per heavy atom. The summed E-state index contributed by atoms with van der Waals surface area (Å²) in [6.07, 6.45) is 9.40. The number of benzene rings is 1. The molecule has 0 aliphatic heterocycles. The summed E-state index contributed by atoms with van der Waals surface area (Å²) in [5.74, 6) is 0.180. The van der Waals surface area contributed by atoms with Gasteiger partial charge in [0.25, 0.3) is 5.91 Å². The average Bonchev–Trinajstić information content (AvgIpc) is 3.41. The maximum atomic E-state index is 13.6. The molecule has 2 heterocycles. The van der Waals surface area contributed by atoms with Crippen molar-refractivity contribution in [2.75, 3.05) is 6.54 Å². The quantitative estimate of drug-likeness (QED) is 0.392. The summed E-state index contributed by atoms with van der Waals surface area (Å²) in [6.45, 7) is 3.14. The number of imidazole rings is 1. The van der Waals surface area contributed by atoms with E-state index in [4.69, 9.17) is 16.6 Å². The van der Waals surface area contributed by atoms with Crippen LogP contribution in [0.2, 0.25) is 5.02 Å². The molecule has 1 aliphatic rings. The number of amides is 1. The van der Waals surface area contributed by atoms with Gasteiger partial charge in [0.2, 0.25) is 0 Å². The molecule has 1 aliphatic carbocycles. The highest BCUT2D eigenvalue weighted by atomic mass is 35.5. The number of fused-ring (bicyclic) bond motifs is 1. The number of hydrogen-bond donors (Lipinski definition) is 0. The molecular weight excluding hydrogens is 415 g/mol. The van der Waals surface area contributed by atoms with Crippen LogP contribution in [0.3, 0.4) is 0 Å². The van der Waals surface area contributed by atoms with E-state index in [2.05, 4.69) is 16.5 Å². The van der Waals surface area contributed by atoms with Crippen molar-refractivity contribution in [3.8, 4) is 0 Å². The Balaban J connectivity index is 1.68. The van der Waals surface area contributed by atoms with Gasteiger partial charge in [-0.15, -0.1) is 0 Å². The Morgan fingerprint density at radius 2 is 2.06 bits per heavy atom. The van der Waals surface area contributed by atoms with Crippen molar-refractivity contribution in [1.82, 2.24) is 19.4 Å². The Bertz CT molecular complexity index is 1060. The zero-order valence-electron chi connectivity index (χ0n) is 17.9. The fourth-order valence-electron chi connectivity index (χ4n) is 4.42. The highest BCUT2D eigenvalue weighted by molar-refractivity contribution is 6.31. The largest absolute Gasteiger partial charge is 0.331 e. The number of carbonyl (C=O) groups excluding carboxylic acids is 1. The Hall–Kier alpha value is -2.47. The van der Waals surface area contributed by atoms with Crippen LogP contribution in [0.25, 0.3) is 11.2 Å². The molecule has 0 atom stereocenters. The summed E-state index contributed by atoms with van der Waals surface area (Å²) in [4.78, 5) is 24.6. The van der Waals surface area contributed by atoms with Crippen molar-refractivity contribution in [3.63, 3.8) is 0 Å². The van der Waals surface area contributed by atoms with E-state index in [0.29, 0.717) is 24.7 Å². The lowest BCUT2D eigenvalue weighted by molar-refractivity contribution is 0.0733. The number of aromatic nitrogens is 3. The Labute approximate surface area is 187 Å². The van der Waals surface area contributed by atoms with Crippen LogP contribution in [-0.4, -0.2) is 31.9 Å². The topological polar surface area (TPSA) is 51.0 Å². The van der Waals surface area contributed by atoms with Gasteiger partial charge in [-0.2, -0.15) is 0 Å². The third kappa shape index (κ3) is 4.74. The zero-order chi connectivity index (χ0) is 21.8. The lowest BCUT2D eigenvalue weighted by atomic mass is 10.1. The fraction of sp³-hybridized carbons (Fsp3) is 0.458. The number of halogens is 2. The van der Waals surface area contributed by atoms with Crippen molar-refractivity contribution in [3.05, 3.63) is 58.8 Å². The normalized spacial score (nSPS) is 14.4.